The summed E-state index contributed by atoms with van der Waals surface area (Å²) in [6.07, 6.45) is 7.62. The van der Waals surface area contributed by atoms with Gasteiger partial charge in [0.1, 0.15) is 5.54 Å². The van der Waals surface area contributed by atoms with Crippen LogP contribution in [0.1, 0.15) is 58.8 Å². The molecule has 22 heavy (non-hydrogen) atoms. The molecule has 2 aliphatic rings. The Balaban J connectivity index is 1.88. The zero-order valence-corrected chi connectivity index (χ0v) is 14.0. The van der Waals surface area contributed by atoms with Gasteiger partial charge in [0.25, 0.3) is 0 Å². The summed E-state index contributed by atoms with van der Waals surface area (Å²) in [4.78, 5) is 14.6. The van der Waals surface area contributed by atoms with Crippen LogP contribution in [0, 0.1) is 17.2 Å². The molecule has 0 spiro atoms. The number of nitriles is 1. The van der Waals surface area contributed by atoms with Gasteiger partial charge in [0.2, 0.25) is 5.91 Å². The molecule has 2 atom stereocenters. The van der Waals surface area contributed by atoms with E-state index in [1.54, 1.807) is 0 Å². The van der Waals surface area contributed by atoms with Gasteiger partial charge in [-0.1, -0.05) is 32.1 Å². The third kappa shape index (κ3) is 4.21. The number of carbonyl (C=O) groups is 1. The molecule has 0 radical (unpaired) electrons. The van der Waals surface area contributed by atoms with Gasteiger partial charge in [-0.15, -0.1) is 0 Å². The largest absolute Gasteiger partial charge is 0.335 e. The van der Waals surface area contributed by atoms with Crippen LogP contribution in [0.25, 0.3) is 0 Å². The Morgan fingerprint density at radius 2 is 2.09 bits per heavy atom. The molecule has 0 aromatic rings. The van der Waals surface area contributed by atoms with Crippen LogP contribution in [-0.4, -0.2) is 41.5 Å². The van der Waals surface area contributed by atoms with E-state index in [4.69, 9.17) is 5.73 Å². The Bertz CT molecular complexity index is 425. The summed E-state index contributed by atoms with van der Waals surface area (Å²) in [5, 5.41) is 12.5. The van der Waals surface area contributed by atoms with Crippen molar-refractivity contribution in [1.82, 2.24) is 10.2 Å². The zero-order valence-electron chi connectivity index (χ0n) is 14.0. The minimum atomic E-state index is -0.758. The van der Waals surface area contributed by atoms with Crippen molar-refractivity contribution in [3.05, 3.63) is 0 Å². The van der Waals surface area contributed by atoms with E-state index < -0.39 is 11.6 Å². The molecule has 0 bridgehead atoms. The van der Waals surface area contributed by atoms with Crippen molar-refractivity contribution in [1.29, 1.82) is 5.26 Å². The standard InChI is InChI=1S/C17H30N4O/c1-13(2)21-9-8-17(11-18,12-21)20-16(22)15(19)10-14-6-4-3-5-7-14/h13-15H,3-10,12,19H2,1-2H3,(H,20,22). The van der Waals surface area contributed by atoms with E-state index in [1.807, 2.05) is 0 Å². The first-order valence-corrected chi connectivity index (χ1v) is 8.69. The van der Waals surface area contributed by atoms with Crippen molar-refractivity contribution >= 4 is 5.91 Å². The molecule has 1 saturated heterocycles. The molecule has 1 heterocycles. The van der Waals surface area contributed by atoms with E-state index >= 15 is 0 Å². The maximum atomic E-state index is 12.4. The van der Waals surface area contributed by atoms with Crippen molar-refractivity contribution in [2.24, 2.45) is 11.7 Å². The fourth-order valence-electron chi connectivity index (χ4n) is 3.72. The Hall–Kier alpha value is -1.12. The monoisotopic (exact) mass is 306 g/mol. The highest BCUT2D eigenvalue weighted by Crippen LogP contribution is 2.27. The molecule has 124 valence electrons. The maximum Gasteiger partial charge on any atom is 0.238 e. The minimum Gasteiger partial charge on any atom is -0.335 e. The van der Waals surface area contributed by atoms with Gasteiger partial charge in [0, 0.05) is 19.1 Å². The van der Waals surface area contributed by atoms with E-state index in [-0.39, 0.29) is 5.91 Å². The number of hydrogen-bond donors (Lipinski definition) is 2. The Morgan fingerprint density at radius 3 is 2.64 bits per heavy atom. The lowest BCUT2D eigenvalue weighted by Crippen LogP contribution is -2.55. The minimum absolute atomic E-state index is 0.155. The number of carbonyl (C=O) groups excluding carboxylic acids is 1. The summed E-state index contributed by atoms with van der Waals surface area (Å²) < 4.78 is 0. The number of amides is 1. The molecule has 1 amide bonds. The number of nitrogens with zero attached hydrogens (tertiary/aromatic N) is 2. The number of hydrogen-bond acceptors (Lipinski definition) is 4. The average Bonchev–Trinajstić information content (AvgIpc) is 2.93. The molecule has 1 aliphatic heterocycles. The van der Waals surface area contributed by atoms with Crippen LogP contribution < -0.4 is 11.1 Å². The first-order chi connectivity index (χ1) is 10.5. The second-order valence-electron chi connectivity index (χ2n) is 7.34. The van der Waals surface area contributed by atoms with Crippen LogP contribution in [-0.2, 0) is 4.79 Å². The van der Waals surface area contributed by atoms with Crippen LogP contribution in [0.2, 0.25) is 0 Å². The van der Waals surface area contributed by atoms with E-state index in [2.05, 4.69) is 30.1 Å². The summed E-state index contributed by atoms with van der Waals surface area (Å²) in [7, 11) is 0. The molecule has 1 aliphatic carbocycles. The van der Waals surface area contributed by atoms with Crippen LogP contribution in [0.4, 0.5) is 0 Å². The van der Waals surface area contributed by atoms with Gasteiger partial charge in [0.15, 0.2) is 0 Å². The summed E-state index contributed by atoms with van der Waals surface area (Å²) in [5.74, 6) is 0.418. The summed E-state index contributed by atoms with van der Waals surface area (Å²) in [6.45, 7) is 5.68. The predicted octanol–water partition coefficient (Wildman–Crippen LogP) is 1.78. The third-order valence-electron chi connectivity index (χ3n) is 5.25. The van der Waals surface area contributed by atoms with Crippen molar-refractivity contribution in [2.75, 3.05) is 13.1 Å². The highest BCUT2D eigenvalue weighted by Gasteiger charge is 2.41. The molecule has 5 nitrogen and oxygen atoms in total. The molecular formula is C17H30N4O. The van der Waals surface area contributed by atoms with E-state index in [9.17, 15) is 10.1 Å². The molecule has 0 aromatic carbocycles. The lowest BCUT2D eigenvalue weighted by Gasteiger charge is -2.28. The quantitative estimate of drug-likeness (QED) is 0.811. The van der Waals surface area contributed by atoms with Crippen molar-refractivity contribution in [2.45, 2.75) is 76.4 Å². The van der Waals surface area contributed by atoms with Gasteiger partial charge < -0.3 is 11.1 Å². The Kier molecular flexibility index (Phi) is 5.82. The van der Waals surface area contributed by atoms with Crippen molar-refractivity contribution in [3.8, 4) is 6.07 Å². The lowest BCUT2D eigenvalue weighted by molar-refractivity contribution is -0.124. The second-order valence-corrected chi connectivity index (χ2v) is 7.34. The van der Waals surface area contributed by atoms with Gasteiger partial charge in [-0.05, 0) is 32.6 Å². The Morgan fingerprint density at radius 1 is 1.41 bits per heavy atom. The third-order valence-corrected chi connectivity index (χ3v) is 5.25. The molecule has 3 N–H and O–H groups in total. The van der Waals surface area contributed by atoms with E-state index in [1.165, 1.54) is 32.1 Å². The fourth-order valence-corrected chi connectivity index (χ4v) is 3.72. The van der Waals surface area contributed by atoms with Gasteiger partial charge in [-0.25, -0.2) is 0 Å². The summed E-state index contributed by atoms with van der Waals surface area (Å²) >= 11 is 0. The number of nitrogens with two attached hydrogens (primary N) is 1. The average molecular weight is 306 g/mol. The van der Waals surface area contributed by atoms with Crippen LogP contribution in [0.5, 0.6) is 0 Å². The number of nitrogens with one attached hydrogen (secondary N) is 1. The molecule has 2 rings (SSSR count). The highest BCUT2D eigenvalue weighted by molar-refractivity contribution is 5.82. The van der Waals surface area contributed by atoms with Crippen LogP contribution in [0.3, 0.4) is 0 Å². The highest BCUT2D eigenvalue weighted by atomic mass is 16.2. The van der Waals surface area contributed by atoms with Gasteiger partial charge in [-0.3, -0.25) is 9.69 Å². The molecule has 0 aromatic heterocycles. The smallest absolute Gasteiger partial charge is 0.238 e. The summed E-state index contributed by atoms with van der Waals surface area (Å²) in [5.41, 5.74) is 5.34. The normalized spacial score (nSPS) is 28.5. The molecular weight excluding hydrogens is 276 g/mol. The number of likely N-dealkylation sites (tertiary alicyclic amines) is 1. The molecule has 5 heteroatoms. The summed E-state index contributed by atoms with van der Waals surface area (Å²) in [6, 6.07) is 2.23. The van der Waals surface area contributed by atoms with Crippen molar-refractivity contribution in [3.63, 3.8) is 0 Å². The Labute approximate surface area is 134 Å². The van der Waals surface area contributed by atoms with Crippen LogP contribution in [0.15, 0.2) is 0 Å². The van der Waals surface area contributed by atoms with Gasteiger partial charge in [-0.2, -0.15) is 5.26 Å². The number of rotatable bonds is 5. The SMILES string of the molecule is CC(C)N1CCC(C#N)(NC(=O)C(N)CC2CCCCC2)C1. The molecule has 2 fully saturated rings. The van der Waals surface area contributed by atoms with Gasteiger partial charge in [0.05, 0.1) is 12.1 Å². The first kappa shape index (κ1) is 17.2. The first-order valence-electron chi connectivity index (χ1n) is 8.69. The topological polar surface area (TPSA) is 82.2 Å². The predicted molar refractivity (Wildman–Crippen MR) is 87.0 cm³/mol. The van der Waals surface area contributed by atoms with E-state index in [0.29, 0.717) is 24.9 Å². The second kappa shape index (κ2) is 7.43. The fraction of sp³-hybridized carbons (Fsp3) is 0.882. The van der Waals surface area contributed by atoms with Crippen molar-refractivity contribution < 1.29 is 4.79 Å². The lowest BCUT2D eigenvalue weighted by atomic mass is 9.84. The molecule has 1 saturated carbocycles. The maximum absolute atomic E-state index is 12.4. The van der Waals surface area contributed by atoms with E-state index in [0.717, 1.165) is 13.0 Å². The van der Waals surface area contributed by atoms with Gasteiger partial charge >= 0.3 is 0 Å². The zero-order chi connectivity index (χ0) is 16.2. The molecule has 2 unspecified atom stereocenters. The van der Waals surface area contributed by atoms with Crippen LogP contribution >= 0.6 is 0 Å².